The Balaban J connectivity index is 0.00000106. The average Bonchev–Trinajstić information content (AvgIpc) is 2.57. The molecule has 0 unspecified atom stereocenters. The van der Waals surface area contributed by atoms with E-state index < -0.39 is 0 Å². The molecule has 0 heterocycles. The van der Waals surface area contributed by atoms with Crippen LogP contribution in [0.25, 0.3) is 11.1 Å². The highest BCUT2D eigenvalue weighted by Gasteiger charge is 2.13. The van der Waals surface area contributed by atoms with Crippen molar-refractivity contribution in [2.24, 2.45) is 0 Å². The first-order chi connectivity index (χ1) is 10.3. The second kappa shape index (κ2) is 9.41. The van der Waals surface area contributed by atoms with Gasteiger partial charge in [0.1, 0.15) is 0 Å². The van der Waals surface area contributed by atoms with E-state index in [1.165, 1.54) is 22.9 Å². The molecule has 112 valence electrons. The van der Waals surface area contributed by atoms with Gasteiger partial charge in [-0.3, -0.25) is 4.79 Å². The zero-order valence-corrected chi connectivity index (χ0v) is 14.2. The zero-order valence-electron chi connectivity index (χ0n) is 13.3. The van der Waals surface area contributed by atoms with Gasteiger partial charge in [0.15, 0.2) is 0 Å². The van der Waals surface area contributed by atoms with Crippen LogP contribution in [0.4, 0.5) is 0 Å². The van der Waals surface area contributed by atoms with E-state index in [1.54, 1.807) is 0 Å². The first-order valence-electron chi connectivity index (χ1n) is 7.62. The summed E-state index contributed by atoms with van der Waals surface area (Å²) in [6.07, 6.45) is 0.972. The Labute approximate surface area is 132 Å². The van der Waals surface area contributed by atoms with Crippen molar-refractivity contribution in [1.29, 1.82) is 0 Å². The number of hydrogen-bond acceptors (Lipinski definition) is 2. The molecule has 1 nitrogen and oxygen atoms in total. The zero-order chi connectivity index (χ0) is 15.7. The van der Waals surface area contributed by atoms with E-state index in [-0.39, 0.29) is 5.12 Å². The molecule has 21 heavy (non-hydrogen) atoms. The number of carbonyl (C=O) groups is 1. The van der Waals surface area contributed by atoms with Crippen LogP contribution in [0.5, 0.6) is 0 Å². The lowest BCUT2D eigenvalue weighted by molar-refractivity contribution is 0.108. The highest BCUT2D eigenvalue weighted by atomic mass is 32.2. The third kappa shape index (κ3) is 4.47. The molecule has 2 aromatic carbocycles. The van der Waals surface area contributed by atoms with E-state index >= 15 is 0 Å². The van der Waals surface area contributed by atoms with Gasteiger partial charge in [-0.2, -0.15) is 0 Å². The molecule has 0 aliphatic rings. The minimum atomic E-state index is 0.156. The lowest BCUT2D eigenvalue weighted by atomic mass is 9.95. The van der Waals surface area contributed by atoms with Crippen LogP contribution in [0, 0.1) is 0 Å². The summed E-state index contributed by atoms with van der Waals surface area (Å²) < 4.78 is 0. The molecule has 0 fully saturated rings. The molecule has 0 atom stereocenters. The van der Waals surface area contributed by atoms with Crippen LogP contribution in [-0.2, 0) is 6.42 Å². The van der Waals surface area contributed by atoms with Gasteiger partial charge in [-0.25, -0.2) is 0 Å². The van der Waals surface area contributed by atoms with Crippen LogP contribution in [-0.4, -0.2) is 10.9 Å². The molecule has 0 N–H and O–H groups in total. The molecule has 0 saturated heterocycles. The largest absolute Gasteiger partial charge is 0.282 e. The van der Waals surface area contributed by atoms with E-state index in [1.807, 2.05) is 57.2 Å². The molecule has 0 saturated carbocycles. The fourth-order valence-corrected chi connectivity index (χ4v) is 2.79. The maximum Gasteiger partial charge on any atom is 0.219 e. The minimum Gasteiger partial charge on any atom is -0.282 e. The van der Waals surface area contributed by atoms with E-state index in [2.05, 4.69) is 19.1 Å². The molecule has 2 heteroatoms. The van der Waals surface area contributed by atoms with Crippen LogP contribution >= 0.6 is 11.8 Å². The Hall–Kier alpha value is -1.54. The number of hydrogen-bond donors (Lipinski definition) is 0. The lowest BCUT2D eigenvalue weighted by Crippen LogP contribution is -1.99. The Kier molecular flexibility index (Phi) is 7.84. The normalized spacial score (nSPS) is 9.71. The van der Waals surface area contributed by atoms with Crippen LogP contribution < -0.4 is 0 Å². The van der Waals surface area contributed by atoms with E-state index in [4.69, 9.17) is 0 Å². The van der Waals surface area contributed by atoms with Crippen molar-refractivity contribution in [3.05, 3.63) is 59.7 Å². The topological polar surface area (TPSA) is 17.1 Å². The molecule has 0 radical (unpaired) electrons. The van der Waals surface area contributed by atoms with E-state index in [9.17, 15) is 4.79 Å². The molecular formula is C19H24OS. The quantitative estimate of drug-likeness (QED) is 0.706. The molecule has 2 rings (SSSR count). The molecule has 2 aromatic rings. The van der Waals surface area contributed by atoms with Crippen molar-refractivity contribution in [3.63, 3.8) is 0 Å². The van der Waals surface area contributed by atoms with Gasteiger partial charge in [0.05, 0.1) is 0 Å². The summed E-state index contributed by atoms with van der Waals surface area (Å²) in [5.41, 5.74) is 4.32. The summed E-state index contributed by atoms with van der Waals surface area (Å²) >= 11 is 1.37. The highest BCUT2D eigenvalue weighted by Crippen LogP contribution is 2.29. The van der Waals surface area contributed by atoms with Crippen LogP contribution in [0.3, 0.4) is 0 Å². The van der Waals surface area contributed by atoms with Gasteiger partial charge in [-0.15, -0.1) is 0 Å². The maximum atomic E-state index is 12.2. The second-order valence-corrected chi connectivity index (χ2v) is 5.51. The number of rotatable bonds is 4. The number of thioether (sulfide) groups is 1. The van der Waals surface area contributed by atoms with Gasteiger partial charge in [-0.1, -0.05) is 81.9 Å². The van der Waals surface area contributed by atoms with Gasteiger partial charge in [0, 0.05) is 5.56 Å². The third-order valence-corrected chi connectivity index (χ3v) is 3.88. The minimum absolute atomic E-state index is 0.156. The summed E-state index contributed by atoms with van der Waals surface area (Å²) in [5.74, 6) is 0.808. The SMILES string of the molecule is CC.CCSC(=O)c1ccccc1-c1ccccc1CC. The van der Waals surface area contributed by atoms with Crippen LogP contribution in [0.2, 0.25) is 0 Å². The molecule has 0 aliphatic carbocycles. The molecule has 0 spiro atoms. The summed E-state index contributed by atoms with van der Waals surface area (Å²) in [4.78, 5) is 12.2. The fourth-order valence-electron chi connectivity index (χ4n) is 2.20. The number of benzene rings is 2. The Morgan fingerprint density at radius 2 is 1.48 bits per heavy atom. The monoisotopic (exact) mass is 300 g/mol. The van der Waals surface area contributed by atoms with Crippen molar-refractivity contribution in [1.82, 2.24) is 0 Å². The van der Waals surface area contributed by atoms with Gasteiger partial charge in [0.25, 0.3) is 0 Å². The number of carbonyl (C=O) groups excluding carboxylic acids is 1. The van der Waals surface area contributed by atoms with E-state index in [0.29, 0.717) is 0 Å². The smallest absolute Gasteiger partial charge is 0.219 e. The first-order valence-corrected chi connectivity index (χ1v) is 8.60. The fraction of sp³-hybridized carbons (Fsp3) is 0.316. The Bertz CT molecular complexity index is 575. The van der Waals surface area contributed by atoms with Crippen LogP contribution in [0.15, 0.2) is 48.5 Å². The molecule has 0 bridgehead atoms. The summed E-state index contributed by atoms with van der Waals surface area (Å²) in [6, 6.07) is 16.2. The molecular weight excluding hydrogens is 276 g/mol. The van der Waals surface area contributed by atoms with Crippen LogP contribution in [0.1, 0.15) is 43.6 Å². The first kappa shape index (κ1) is 17.5. The van der Waals surface area contributed by atoms with E-state index in [0.717, 1.165) is 23.3 Å². The van der Waals surface area contributed by atoms with Crippen molar-refractivity contribution < 1.29 is 4.79 Å². The van der Waals surface area contributed by atoms with Crippen molar-refractivity contribution in [2.75, 3.05) is 5.75 Å². The van der Waals surface area contributed by atoms with Crippen molar-refractivity contribution in [3.8, 4) is 11.1 Å². The Morgan fingerprint density at radius 1 is 0.905 bits per heavy atom. The summed E-state index contributed by atoms with van der Waals surface area (Å²) in [6.45, 7) is 8.15. The van der Waals surface area contributed by atoms with Gasteiger partial charge in [0.2, 0.25) is 5.12 Å². The predicted molar refractivity (Wildman–Crippen MR) is 95.1 cm³/mol. The maximum absolute atomic E-state index is 12.2. The predicted octanol–water partition coefficient (Wildman–Crippen LogP) is 5.84. The van der Waals surface area contributed by atoms with Crippen molar-refractivity contribution in [2.45, 2.75) is 34.1 Å². The summed E-state index contributed by atoms with van der Waals surface area (Å²) in [7, 11) is 0. The molecule has 0 amide bonds. The van der Waals surface area contributed by atoms with Gasteiger partial charge in [-0.05, 0) is 34.9 Å². The lowest BCUT2D eigenvalue weighted by Gasteiger charge is -2.11. The second-order valence-electron chi connectivity index (χ2n) is 4.28. The van der Waals surface area contributed by atoms with Crippen molar-refractivity contribution >= 4 is 16.9 Å². The van der Waals surface area contributed by atoms with Gasteiger partial charge >= 0.3 is 0 Å². The third-order valence-electron chi connectivity index (χ3n) is 3.11. The average molecular weight is 300 g/mol. The molecule has 0 aromatic heterocycles. The number of aryl methyl sites for hydroxylation is 1. The molecule has 0 aliphatic heterocycles. The highest BCUT2D eigenvalue weighted by molar-refractivity contribution is 8.14. The van der Waals surface area contributed by atoms with Gasteiger partial charge < -0.3 is 0 Å². The summed E-state index contributed by atoms with van der Waals surface area (Å²) in [5, 5.41) is 0.156. The standard InChI is InChI=1S/C17H18OS.C2H6/c1-3-13-9-5-6-10-14(13)15-11-7-8-12-16(15)17(18)19-4-2;1-2/h5-12H,3-4H2,1-2H3;1-2H3. The Morgan fingerprint density at radius 3 is 2.10 bits per heavy atom.